The molecule has 0 amide bonds. The third-order valence-corrected chi connectivity index (χ3v) is 1.98. The van der Waals surface area contributed by atoms with Crippen molar-refractivity contribution >= 4 is 24.4 Å². The van der Waals surface area contributed by atoms with E-state index in [9.17, 15) is 4.79 Å². The lowest BCUT2D eigenvalue weighted by molar-refractivity contribution is 0.112. The van der Waals surface area contributed by atoms with E-state index in [1.165, 1.54) is 11.3 Å². The van der Waals surface area contributed by atoms with Crippen molar-refractivity contribution in [2.45, 2.75) is 6.42 Å². The Morgan fingerprint density at radius 2 is 2.25 bits per heavy atom. The van der Waals surface area contributed by atoms with Crippen LogP contribution in [-0.2, 0) is 6.42 Å². The molecule has 64 valence electrons. The summed E-state index contributed by atoms with van der Waals surface area (Å²) in [5.74, 6) is 0. The van der Waals surface area contributed by atoms with Crippen LogP contribution in [0.15, 0.2) is 18.2 Å². The lowest BCUT2D eigenvalue weighted by Gasteiger charge is -1.97. The van der Waals surface area contributed by atoms with Crippen molar-refractivity contribution in [3.63, 3.8) is 0 Å². The van der Waals surface area contributed by atoms with E-state index in [0.717, 1.165) is 24.8 Å². The number of halogens is 1. The minimum Gasteiger partial charge on any atom is -0.384 e. The molecule has 0 bridgehead atoms. The van der Waals surface area contributed by atoms with Gasteiger partial charge in [0.2, 0.25) is 0 Å². The second kappa shape index (κ2) is 3.59. The SMILES string of the molecule is Cl.O=Cc1ccc2c(c1)CCN2. The maximum Gasteiger partial charge on any atom is 0.150 e. The molecule has 0 fully saturated rings. The third-order valence-electron chi connectivity index (χ3n) is 1.98. The van der Waals surface area contributed by atoms with Gasteiger partial charge in [-0.3, -0.25) is 4.79 Å². The van der Waals surface area contributed by atoms with Crippen molar-refractivity contribution in [2.24, 2.45) is 0 Å². The van der Waals surface area contributed by atoms with Crippen molar-refractivity contribution in [1.82, 2.24) is 0 Å². The molecule has 0 radical (unpaired) electrons. The Morgan fingerprint density at radius 1 is 1.42 bits per heavy atom. The highest BCUT2D eigenvalue weighted by molar-refractivity contribution is 5.85. The predicted octanol–water partition coefficient (Wildman–Crippen LogP) is 1.89. The zero-order chi connectivity index (χ0) is 7.68. The van der Waals surface area contributed by atoms with Crippen LogP contribution in [0.4, 0.5) is 5.69 Å². The number of nitrogens with one attached hydrogen (secondary N) is 1. The highest BCUT2D eigenvalue weighted by atomic mass is 35.5. The van der Waals surface area contributed by atoms with Crippen LogP contribution in [0.3, 0.4) is 0 Å². The van der Waals surface area contributed by atoms with Gasteiger partial charge in [-0.2, -0.15) is 0 Å². The molecule has 0 spiro atoms. The van der Waals surface area contributed by atoms with E-state index < -0.39 is 0 Å². The van der Waals surface area contributed by atoms with E-state index in [4.69, 9.17) is 0 Å². The molecular formula is C9H10ClNO. The molecule has 1 heterocycles. The number of hydrogen-bond donors (Lipinski definition) is 1. The number of carbonyl (C=O) groups is 1. The zero-order valence-electron chi connectivity index (χ0n) is 6.54. The normalized spacial score (nSPS) is 12.7. The largest absolute Gasteiger partial charge is 0.384 e. The fourth-order valence-corrected chi connectivity index (χ4v) is 1.40. The first-order valence-corrected chi connectivity index (χ1v) is 3.72. The van der Waals surface area contributed by atoms with E-state index in [1.807, 2.05) is 18.2 Å². The first-order chi connectivity index (χ1) is 5.40. The van der Waals surface area contributed by atoms with E-state index in [-0.39, 0.29) is 12.4 Å². The molecule has 1 N–H and O–H groups in total. The molecule has 2 rings (SSSR count). The maximum atomic E-state index is 10.4. The Morgan fingerprint density at radius 3 is 3.00 bits per heavy atom. The van der Waals surface area contributed by atoms with E-state index in [0.29, 0.717) is 0 Å². The van der Waals surface area contributed by atoms with Crippen LogP contribution in [0.5, 0.6) is 0 Å². The van der Waals surface area contributed by atoms with Crippen molar-refractivity contribution in [2.75, 3.05) is 11.9 Å². The van der Waals surface area contributed by atoms with Crippen molar-refractivity contribution in [1.29, 1.82) is 0 Å². The van der Waals surface area contributed by atoms with Gasteiger partial charge in [-0.1, -0.05) is 0 Å². The molecule has 0 atom stereocenters. The number of fused-ring (bicyclic) bond motifs is 1. The Bertz CT molecular complexity index is 299. The molecule has 0 aromatic heterocycles. The van der Waals surface area contributed by atoms with Gasteiger partial charge in [-0.05, 0) is 30.2 Å². The van der Waals surface area contributed by atoms with Crippen LogP contribution in [0.2, 0.25) is 0 Å². The summed E-state index contributed by atoms with van der Waals surface area (Å²) < 4.78 is 0. The summed E-state index contributed by atoms with van der Waals surface area (Å²) >= 11 is 0. The molecule has 3 heteroatoms. The lowest BCUT2D eigenvalue weighted by Crippen LogP contribution is -1.90. The third kappa shape index (κ3) is 1.43. The molecule has 0 saturated carbocycles. The quantitative estimate of drug-likeness (QED) is 0.674. The molecule has 2 nitrogen and oxygen atoms in total. The standard InChI is InChI=1S/C9H9NO.ClH/c11-6-7-1-2-9-8(5-7)3-4-10-9;/h1-2,5-6,10H,3-4H2;1H. The minimum absolute atomic E-state index is 0. The van der Waals surface area contributed by atoms with Crippen molar-refractivity contribution in [3.8, 4) is 0 Å². The van der Waals surface area contributed by atoms with E-state index in [1.54, 1.807) is 0 Å². The fraction of sp³-hybridized carbons (Fsp3) is 0.222. The van der Waals surface area contributed by atoms with Gasteiger partial charge in [0.05, 0.1) is 0 Å². The summed E-state index contributed by atoms with van der Waals surface area (Å²) in [6.45, 7) is 0.998. The molecule has 1 aliphatic rings. The first-order valence-electron chi connectivity index (χ1n) is 3.72. The Balaban J connectivity index is 0.000000720. The van der Waals surface area contributed by atoms with E-state index >= 15 is 0 Å². The summed E-state index contributed by atoms with van der Waals surface area (Å²) in [7, 11) is 0. The molecule has 0 saturated heterocycles. The highest BCUT2D eigenvalue weighted by Gasteiger charge is 2.08. The summed E-state index contributed by atoms with van der Waals surface area (Å²) in [6, 6.07) is 5.75. The van der Waals surface area contributed by atoms with E-state index in [2.05, 4.69) is 5.32 Å². The zero-order valence-corrected chi connectivity index (χ0v) is 7.36. The minimum atomic E-state index is 0. The number of benzene rings is 1. The van der Waals surface area contributed by atoms with Gasteiger partial charge in [-0.15, -0.1) is 12.4 Å². The number of hydrogen-bond acceptors (Lipinski definition) is 2. The number of anilines is 1. The van der Waals surface area contributed by atoms with Gasteiger partial charge in [0, 0.05) is 17.8 Å². The highest BCUT2D eigenvalue weighted by Crippen LogP contribution is 2.21. The number of aldehydes is 1. The number of rotatable bonds is 1. The topological polar surface area (TPSA) is 29.1 Å². The van der Waals surface area contributed by atoms with Crippen molar-refractivity contribution < 1.29 is 4.79 Å². The Hall–Kier alpha value is -1.02. The predicted molar refractivity (Wildman–Crippen MR) is 51.3 cm³/mol. The monoisotopic (exact) mass is 183 g/mol. The molecule has 0 unspecified atom stereocenters. The molecule has 1 aromatic rings. The van der Waals surface area contributed by atoms with Gasteiger partial charge in [0.15, 0.2) is 0 Å². The van der Waals surface area contributed by atoms with Gasteiger partial charge >= 0.3 is 0 Å². The van der Waals surface area contributed by atoms with Crippen LogP contribution in [0, 0.1) is 0 Å². The van der Waals surface area contributed by atoms with Crippen LogP contribution in [-0.4, -0.2) is 12.8 Å². The van der Waals surface area contributed by atoms with Crippen LogP contribution >= 0.6 is 12.4 Å². The van der Waals surface area contributed by atoms with Crippen LogP contribution in [0.25, 0.3) is 0 Å². The lowest BCUT2D eigenvalue weighted by atomic mass is 10.1. The van der Waals surface area contributed by atoms with Gasteiger partial charge in [-0.25, -0.2) is 0 Å². The van der Waals surface area contributed by atoms with Crippen molar-refractivity contribution in [3.05, 3.63) is 29.3 Å². The average Bonchev–Trinajstić information content (AvgIpc) is 2.50. The summed E-state index contributed by atoms with van der Waals surface area (Å²) in [4.78, 5) is 10.4. The first kappa shape index (κ1) is 9.07. The molecule has 1 aromatic carbocycles. The molecule has 0 aliphatic carbocycles. The molecule has 12 heavy (non-hydrogen) atoms. The fourth-order valence-electron chi connectivity index (χ4n) is 1.40. The van der Waals surface area contributed by atoms with Crippen LogP contribution < -0.4 is 5.32 Å². The Kier molecular flexibility index (Phi) is 2.71. The average molecular weight is 184 g/mol. The molecule has 1 aliphatic heterocycles. The summed E-state index contributed by atoms with van der Waals surface area (Å²) in [5.41, 5.74) is 3.21. The van der Waals surface area contributed by atoms with Gasteiger partial charge < -0.3 is 5.32 Å². The second-order valence-corrected chi connectivity index (χ2v) is 2.71. The summed E-state index contributed by atoms with van der Waals surface area (Å²) in [5, 5.41) is 3.24. The number of carbonyl (C=O) groups excluding carboxylic acids is 1. The van der Waals surface area contributed by atoms with Crippen LogP contribution in [0.1, 0.15) is 15.9 Å². The van der Waals surface area contributed by atoms with Gasteiger partial charge in [0.25, 0.3) is 0 Å². The summed E-state index contributed by atoms with van der Waals surface area (Å²) in [6.07, 6.45) is 1.93. The molecular weight excluding hydrogens is 174 g/mol. The van der Waals surface area contributed by atoms with Gasteiger partial charge in [0.1, 0.15) is 6.29 Å². The Labute approximate surface area is 77.4 Å². The second-order valence-electron chi connectivity index (χ2n) is 2.71. The maximum absolute atomic E-state index is 10.4. The smallest absolute Gasteiger partial charge is 0.150 e.